The first kappa shape index (κ1) is 11.4. The van der Waals surface area contributed by atoms with E-state index in [0.29, 0.717) is 12.5 Å². The van der Waals surface area contributed by atoms with E-state index < -0.39 is 0 Å². The van der Waals surface area contributed by atoms with Crippen molar-refractivity contribution in [3.05, 3.63) is 33.7 Å². The number of hydrogen-bond donors (Lipinski definition) is 2. The highest BCUT2D eigenvalue weighted by atomic mass is 16.1. The highest BCUT2D eigenvalue weighted by molar-refractivity contribution is 5.19. The topological polar surface area (TPSA) is 58.9 Å². The molecular formula is C13H20N2O. The molecule has 1 saturated carbocycles. The second-order valence-electron chi connectivity index (χ2n) is 4.70. The van der Waals surface area contributed by atoms with Crippen molar-refractivity contribution >= 4 is 0 Å². The average molecular weight is 220 g/mol. The van der Waals surface area contributed by atoms with Gasteiger partial charge in [-0.1, -0.05) is 25.7 Å². The molecule has 1 aromatic heterocycles. The Labute approximate surface area is 96.1 Å². The highest BCUT2D eigenvalue weighted by Gasteiger charge is 2.15. The van der Waals surface area contributed by atoms with Gasteiger partial charge in [-0.2, -0.15) is 0 Å². The number of hydrogen-bond acceptors (Lipinski definition) is 2. The van der Waals surface area contributed by atoms with Gasteiger partial charge in [0.15, 0.2) is 0 Å². The first-order valence-corrected chi connectivity index (χ1v) is 6.23. The molecule has 3 N–H and O–H groups in total. The van der Waals surface area contributed by atoms with Crippen LogP contribution in [0.1, 0.15) is 55.7 Å². The van der Waals surface area contributed by atoms with Crippen LogP contribution in [0.4, 0.5) is 0 Å². The molecule has 2 rings (SSSR count). The standard InChI is InChI=1S/C13H20N2O/c14-9-10-7-12(15-13(16)8-10)11-5-3-1-2-4-6-11/h7-8,11H,1-6,9,14H2,(H,15,16). The van der Waals surface area contributed by atoms with Gasteiger partial charge in [0.05, 0.1) is 0 Å². The Kier molecular flexibility index (Phi) is 3.78. The molecule has 1 aromatic rings. The fraction of sp³-hybridized carbons (Fsp3) is 0.615. The van der Waals surface area contributed by atoms with Crippen molar-refractivity contribution in [2.75, 3.05) is 0 Å². The normalized spacial score (nSPS) is 18.3. The van der Waals surface area contributed by atoms with Crippen molar-refractivity contribution in [2.45, 2.75) is 51.0 Å². The summed E-state index contributed by atoms with van der Waals surface area (Å²) in [5, 5.41) is 0. The fourth-order valence-corrected chi connectivity index (χ4v) is 2.55. The molecule has 88 valence electrons. The van der Waals surface area contributed by atoms with Gasteiger partial charge in [-0.25, -0.2) is 0 Å². The van der Waals surface area contributed by atoms with Crippen molar-refractivity contribution in [3.8, 4) is 0 Å². The Morgan fingerprint density at radius 1 is 1.19 bits per heavy atom. The van der Waals surface area contributed by atoms with Gasteiger partial charge < -0.3 is 10.7 Å². The van der Waals surface area contributed by atoms with Gasteiger partial charge in [0.2, 0.25) is 5.56 Å². The van der Waals surface area contributed by atoms with E-state index in [1.165, 1.54) is 38.5 Å². The molecule has 0 spiro atoms. The van der Waals surface area contributed by atoms with Crippen LogP contribution in [0.2, 0.25) is 0 Å². The number of nitrogens with one attached hydrogen (secondary N) is 1. The van der Waals surface area contributed by atoms with E-state index in [2.05, 4.69) is 11.1 Å². The summed E-state index contributed by atoms with van der Waals surface area (Å²) in [6, 6.07) is 3.66. The summed E-state index contributed by atoms with van der Waals surface area (Å²) in [7, 11) is 0. The monoisotopic (exact) mass is 220 g/mol. The predicted molar refractivity (Wildman–Crippen MR) is 65.4 cm³/mol. The zero-order valence-corrected chi connectivity index (χ0v) is 9.67. The maximum absolute atomic E-state index is 11.5. The third-order valence-electron chi connectivity index (χ3n) is 3.46. The fourth-order valence-electron chi connectivity index (χ4n) is 2.55. The van der Waals surface area contributed by atoms with Crippen molar-refractivity contribution < 1.29 is 0 Å². The van der Waals surface area contributed by atoms with Gasteiger partial charge >= 0.3 is 0 Å². The number of nitrogens with two attached hydrogens (primary N) is 1. The zero-order chi connectivity index (χ0) is 11.4. The average Bonchev–Trinajstić information content (AvgIpc) is 2.56. The lowest BCUT2D eigenvalue weighted by atomic mass is 9.95. The summed E-state index contributed by atoms with van der Waals surface area (Å²) in [5.74, 6) is 0.529. The Morgan fingerprint density at radius 3 is 2.50 bits per heavy atom. The molecule has 0 bridgehead atoms. The van der Waals surface area contributed by atoms with Crippen LogP contribution in [0, 0.1) is 0 Å². The number of aromatic amines is 1. The lowest BCUT2D eigenvalue weighted by molar-refractivity contribution is 0.575. The molecule has 0 aliphatic heterocycles. The van der Waals surface area contributed by atoms with Gasteiger partial charge in [-0.05, 0) is 30.4 Å². The first-order chi connectivity index (χ1) is 7.79. The molecule has 0 radical (unpaired) electrons. The van der Waals surface area contributed by atoms with E-state index in [1.807, 2.05) is 0 Å². The molecular weight excluding hydrogens is 200 g/mol. The maximum Gasteiger partial charge on any atom is 0.248 e. The Balaban J connectivity index is 2.23. The van der Waals surface area contributed by atoms with E-state index >= 15 is 0 Å². The summed E-state index contributed by atoms with van der Waals surface area (Å²) in [6.45, 7) is 0.448. The van der Waals surface area contributed by atoms with Crippen LogP contribution >= 0.6 is 0 Å². The van der Waals surface area contributed by atoms with E-state index in [-0.39, 0.29) is 5.56 Å². The number of rotatable bonds is 2. The molecule has 3 nitrogen and oxygen atoms in total. The lowest BCUT2D eigenvalue weighted by Gasteiger charge is -2.14. The van der Waals surface area contributed by atoms with Crippen LogP contribution in [0.25, 0.3) is 0 Å². The van der Waals surface area contributed by atoms with Crippen LogP contribution < -0.4 is 11.3 Å². The number of H-pyrrole nitrogens is 1. The smallest absolute Gasteiger partial charge is 0.248 e. The second kappa shape index (κ2) is 5.30. The molecule has 1 aliphatic rings. The first-order valence-electron chi connectivity index (χ1n) is 6.23. The van der Waals surface area contributed by atoms with Crippen molar-refractivity contribution in [1.82, 2.24) is 4.98 Å². The number of pyridine rings is 1. The summed E-state index contributed by atoms with van der Waals surface area (Å²) >= 11 is 0. The van der Waals surface area contributed by atoms with E-state index in [9.17, 15) is 4.79 Å². The molecule has 1 heterocycles. The largest absolute Gasteiger partial charge is 0.326 e. The van der Waals surface area contributed by atoms with Gasteiger partial charge in [-0.3, -0.25) is 4.79 Å². The van der Waals surface area contributed by atoms with Gasteiger partial charge in [0, 0.05) is 18.3 Å². The summed E-state index contributed by atoms with van der Waals surface area (Å²) < 4.78 is 0. The molecule has 3 heteroatoms. The SMILES string of the molecule is NCc1cc(C2CCCCCC2)[nH]c(=O)c1. The van der Waals surface area contributed by atoms with Crippen molar-refractivity contribution in [3.63, 3.8) is 0 Å². The molecule has 0 saturated heterocycles. The molecule has 1 aliphatic carbocycles. The molecule has 1 fully saturated rings. The Morgan fingerprint density at radius 2 is 1.88 bits per heavy atom. The van der Waals surface area contributed by atoms with Crippen molar-refractivity contribution in [2.24, 2.45) is 5.73 Å². The number of aromatic nitrogens is 1. The maximum atomic E-state index is 11.5. The van der Waals surface area contributed by atoms with E-state index in [0.717, 1.165) is 11.3 Å². The minimum Gasteiger partial charge on any atom is -0.326 e. The minimum absolute atomic E-state index is 0.0119. The lowest BCUT2D eigenvalue weighted by Crippen LogP contribution is -2.14. The zero-order valence-electron chi connectivity index (χ0n) is 9.67. The quantitative estimate of drug-likeness (QED) is 0.751. The molecule has 0 atom stereocenters. The summed E-state index contributed by atoms with van der Waals surface area (Å²) in [4.78, 5) is 14.5. The van der Waals surface area contributed by atoms with Crippen molar-refractivity contribution in [1.29, 1.82) is 0 Å². The summed E-state index contributed by atoms with van der Waals surface area (Å²) in [6.07, 6.45) is 7.61. The Hall–Kier alpha value is -1.09. The highest BCUT2D eigenvalue weighted by Crippen LogP contribution is 2.30. The van der Waals surface area contributed by atoms with Gasteiger partial charge in [0.1, 0.15) is 0 Å². The second-order valence-corrected chi connectivity index (χ2v) is 4.70. The van der Waals surface area contributed by atoms with Crippen LogP contribution in [0.3, 0.4) is 0 Å². The summed E-state index contributed by atoms with van der Waals surface area (Å²) in [5.41, 5.74) is 7.62. The third-order valence-corrected chi connectivity index (χ3v) is 3.46. The van der Waals surface area contributed by atoms with Gasteiger partial charge in [0.25, 0.3) is 0 Å². The van der Waals surface area contributed by atoms with E-state index in [1.54, 1.807) is 6.07 Å². The molecule has 16 heavy (non-hydrogen) atoms. The van der Waals surface area contributed by atoms with Gasteiger partial charge in [-0.15, -0.1) is 0 Å². The molecule has 0 unspecified atom stereocenters. The van der Waals surface area contributed by atoms with E-state index in [4.69, 9.17) is 5.73 Å². The third kappa shape index (κ3) is 2.73. The van der Waals surface area contributed by atoms with Crippen LogP contribution in [-0.2, 0) is 6.54 Å². The predicted octanol–water partition coefficient (Wildman–Crippen LogP) is 2.27. The van der Waals surface area contributed by atoms with Crippen LogP contribution in [0.15, 0.2) is 16.9 Å². The Bertz CT molecular complexity index is 389. The molecule has 0 aromatic carbocycles. The van der Waals surface area contributed by atoms with Crippen LogP contribution in [-0.4, -0.2) is 4.98 Å². The minimum atomic E-state index is -0.0119. The molecule has 0 amide bonds. The van der Waals surface area contributed by atoms with Crippen LogP contribution in [0.5, 0.6) is 0 Å².